The van der Waals surface area contributed by atoms with E-state index in [0.717, 1.165) is 13.8 Å². The largest absolute Gasteiger partial charge is 0.481 e. The molecular weight excluding hydrogens is 1560 g/mol. The molecule has 0 aromatic carbocycles. The van der Waals surface area contributed by atoms with Gasteiger partial charge in [0.25, 0.3) is 0 Å². The first-order valence-corrected chi connectivity index (χ1v) is 39.8. The van der Waals surface area contributed by atoms with Crippen LogP contribution in [0.4, 0.5) is 0 Å². The van der Waals surface area contributed by atoms with Crippen molar-refractivity contribution in [1.29, 1.82) is 0 Å². The molecule has 0 radical (unpaired) electrons. The summed E-state index contributed by atoms with van der Waals surface area (Å²) in [6.45, 7) is 14.4. The van der Waals surface area contributed by atoms with E-state index in [-0.39, 0.29) is 68.8 Å². The molecule has 0 bridgehead atoms. The van der Waals surface area contributed by atoms with Crippen LogP contribution in [-0.2, 0) is 94.3 Å². The average molecular weight is 1680 g/mol. The number of hydrogen-bond acceptors (Lipinski definition) is 26. The number of carbonyl (C=O) groups excluding carboxylic acids is 15. The molecule has 0 unspecified atom stereocenters. The Morgan fingerprint density at radius 3 is 1.27 bits per heavy atom. The Labute approximate surface area is 681 Å². The molecule has 2 rings (SSSR count). The van der Waals surface area contributed by atoms with Gasteiger partial charge in [0.2, 0.25) is 88.6 Å². The number of carboxylic acid groups (broad SMARTS) is 2. The maximum Gasteiger partial charge on any atom is 0.326 e. The third-order valence-electron chi connectivity index (χ3n) is 18.7. The number of primary amides is 1. The van der Waals surface area contributed by atoms with E-state index in [1.165, 1.54) is 50.7 Å². The molecule has 0 spiro atoms. The van der Waals surface area contributed by atoms with Gasteiger partial charge < -0.3 is 132 Å². The summed E-state index contributed by atoms with van der Waals surface area (Å²) in [5, 5.41) is 95.7. The minimum Gasteiger partial charge on any atom is -0.481 e. The fourth-order valence-corrected chi connectivity index (χ4v) is 11.8. The highest BCUT2D eigenvalue weighted by Crippen LogP contribution is 2.16. The number of rotatable bonds is 56. The van der Waals surface area contributed by atoms with Gasteiger partial charge in [-0.15, -0.1) is 0 Å². The van der Waals surface area contributed by atoms with Crippen LogP contribution in [0.15, 0.2) is 25.0 Å². The lowest BCUT2D eigenvalue weighted by Gasteiger charge is -2.30. The monoisotopic (exact) mass is 1680 g/mol. The molecule has 15 amide bonds. The number of aromatic nitrogens is 4. The van der Waals surface area contributed by atoms with E-state index in [1.54, 1.807) is 54.7 Å². The van der Waals surface area contributed by atoms with Crippen molar-refractivity contribution in [2.24, 2.45) is 40.9 Å². The molecular formula is C72H121N21O23S. The standard InChI is InChI=1S/C72H121N21O23S/c1-13-35(7)54(89-61(104)43(18-19-50(74)98)83-69(112)57(38(10)96)92-66(109)53(75)34(5)6)67(110)87-47(25-41-28-77-32-80-41)63(106)82-42(17-15-16-21-73)60(103)91-56(37(9)95)71(114)86-45(23-33(3)4)62(105)88-49(30-94)65(108)85-46(24-40-27-76-31-79-40)59(102)78-29-51(99)81-48(26-52(100)101)64(107)90-55(36(8)14-2)68(111)93-58(39(11)97)70(113)84-44(72(115)116)20-22-117-12/h27-28,31-39,42-49,53-58,94-97H,13-26,29-30,73,75H2,1-12H3,(H2,74,98)(H,76,79)(H,77,80)(H,78,102)(H,81,99)(H,82,106)(H,83,112)(H,84,113)(H,85,108)(H,86,114)(H,87,110)(H,88,105)(H,89,104)(H,90,107)(H,91,103)(H,92,109)(H,93,111)(H,100,101)(H,115,116)/t35-,36-,37+,38+,39+,42-,43-,44-,45-,46-,47-,48-,49-,53-,54-,55-,56-,57-,58-/m0/s1. The molecule has 28 N–H and O–H groups in total. The van der Waals surface area contributed by atoms with Crippen molar-refractivity contribution in [3.63, 3.8) is 0 Å². The van der Waals surface area contributed by atoms with Crippen LogP contribution in [0.5, 0.6) is 0 Å². The predicted octanol–water partition coefficient (Wildman–Crippen LogP) is -7.70. The number of aliphatic hydroxyl groups is 4. The van der Waals surface area contributed by atoms with Gasteiger partial charge in [0.15, 0.2) is 0 Å². The van der Waals surface area contributed by atoms with Crippen LogP contribution in [0, 0.1) is 23.7 Å². The van der Waals surface area contributed by atoms with Gasteiger partial charge in [0.05, 0.1) is 56.6 Å². The molecule has 44 nitrogen and oxygen atoms in total. The first-order valence-electron chi connectivity index (χ1n) is 38.4. The maximum absolute atomic E-state index is 14.7. The fourth-order valence-electron chi connectivity index (χ4n) is 11.3. The van der Waals surface area contributed by atoms with Crippen LogP contribution in [0.3, 0.4) is 0 Å². The van der Waals surface area contributed by atoms with Crippen molar-refractivity contribution in [1.82, 2.24) is 94.4 Å². The number of amides is 15. The minimum absolute atomic E-state index is 0.00480. The van der Waals surface area contributed by atoms with Crippen LogP contribution < -0.4 is 91.6 Å². The first-order chi connectivity index (χ1) is 54.9. The van der Waals surface area contributed by atoms with Crippen molar-refractivity contribution in [3.05, 3.63) is 36.4 Å². The summed E-state index contributed by atoms with van der Waals surface area (Å²) in [7, 11) is 0. The molecule has 45 heteroatoms. The summed E-state index contributed by atoms with van der Waals surface area (Å²) >= 11 is 1.31. The van der Waals surface area contributed by atoms with E-state index in [9.17, 15) is 112 Å². The van der Waals surface area contributed by atoms with E-state index in [2.05, 4.69) is 94.4 Å². The number of aromatic amines is 2. The molecule has 0 aliphatic carbocycles. The third-order valence-corrected chi connectivity index (χ3v) is 19.4. The highest BCUT2D eigenvalue weighted by molar-refractivity contribution is 7.98. The zero-order chi connectivity index (χ0) is 88.7. The van der Waals surface area contributed by atoms with Crippen molar-refractivity contribution in [2.45, 2.75) is 256 Å². The molecule has 2 aromatic heterocycles. The smallest absolute Gasteiger partial charge is 0.326 e. The van der Waals surface area contributed by atoms with Crippen molar-refractivity contribution < 1.29 is 112 Å². The van der Waals surface area contributed by atoms with Gasteiger partial charge in [-0.05, 0) is 102 Å². The van der Waals surface area contributed by atoms with Crippen LogP contribution in [0.25, 0.3) is 0 Å². The summed E-state index contributed by atoms with van der Waals surface area (Å²) in [6.07, 6.45) is -0.191. The lowest BCUT2D eigenvalue weighted by atomic mass is 9.96. The lowest BCUT2D eigenvalue weighted by molar-refractivity contribution is -0.143. The molecule has 0 saturated heterocycles. The number of nitrogens with two attached hydrogens (primary N) is 3. The first kappa shape index (κ1) is 103. The van der Waals surface area contributed by atoms with Crippen LogP contribution in [0.1, 0.15) is 152 Å². The summed E-state index contributed by atoms with van der Waals surface area (Å²) in [4.78, 5) is 245. The molecule has 0 saturated carbocycles. The highest BCUT2D eigenvalue weighted by Gasteiger charge is 2.41. The number of carbonyl (C=O) groups is 17. The summed E-state index contributed by atoms with van der Waals surface area (Å²) in [5.74, 6) is -20.8. The topological polar surface area (TPSA) is 715 Å². The Morgan fingerprint density at radius 1 is 0.462 bits per heavy atom. The van der Waals surface area contributed by atoms with Crippen molar-refractivity contribution in [3.8, 4) is 0 Å². The van der Waals surface area contributed by atoms with Crippen LogP contribution in [0.2, 0.25) is 0 Å². The molecule has 2 heterocycles. The maximum atomic E-state index is 14.7. The molecule has 658 valence electrons. The van der Waals surface area contributed by atoms with Gasteiger partial charge in [-0.3, -0.25) is 76.7 Å². The fraction of sp³-hybridized carbons (Fsp3) is 0.681. The Bertz CT molecular complexity index is 3610. The summed E-state index contributed by atoms with van der Waals surface area (Å²) in [6, 6.07) is -22.7. The number of thioether (sulfide) groups is 1. The Hall–Kier alpha value is -10.5. The molecule has 0 aliphatic heterocycles. The van der Waals surface area contributed by atoms with Crippen LogP contribution >= 0.6 is 11.8 Å². The van der Waals surface area contributed by atoms with Gasteiger partial charge in [-0.2, -0.15) is 11.8 Å². The number of imidazole rings is 2. The number of nitrogens with one attached hydrogen (secondary N) is 16. The second-order valence-electron chi connectivity index (χ2n) is 29.3. The van der Waals surface area contributed by atoms with Crippen LogP contribution in [-0.4, -0.2) is 286 Å². The number of hydrogen-bond donors (Lipinski definition) is 25. The van der Waals surface area contributed by atoms with E-state index >= 15 is 0 Å². The second-order valence-corrected chi connectivity index (χ2v) is 30.3. The van der Waals surface area contributed by atoms with Gasteiger partial charge >= 0.3 is 11.9 Å². The number of carboxylic acids is 2. The molecule has 2 aromatic rings. The van der Waals surface area contributed by atoms with E-state index < -0.39 is 260 Å². The molecule has 0 aliphatic rings. The highest BCUT2D eigenvalue weighted by atomic mass is 32.2. The quantitative estimate of drug-likeness (QED) is 0.0274. The predicted molar refractivity (Wildman–Crippen MR) is 420 cm³/mol. The van der Waals surface area contributed by atoms with Gasteiger partial charge in [0.1, 0.15) is 78.5 Å². The molecule has 19 atom stereocenters. The Kier molecular flexibility index (Phi) is 45.8. The Morgan fingerprint density at radius 2 is 0.846 bits per heavy atom. The lowest BCUT2D eigenvalue weighted by Crippen LogP contribution is -2.63. The van der Waals surface area contributed by atoms with Crippen molar-refractivity contribution in [2.75, 3.05) is 31.7 Å². The van der Waals surface area contributed by atoms with E-state index in [1.807, 2.05) is 0 Å². The average Bonchev–Trinajstić information content (AvgIpc) is 1.29. The number of H-pyrrole nitrogens is 2. The number of nitrogens with zero attached hydrogens (tertiary/aromatic N) is 2. The minimum atomic E-state index is -1.94. The summed E-state index contributed by atoms with van der Waals surface area (Å²) < 4.78 is 0. The summed E-state index contributed by atoms with van der Waals surface area (Å²) in [5.41, 5.74) is 17.7. The zero-order valence-corrected chi connectivity index (χ0v) is 68.7. The SMILES string of the molecule is CC[C@H](C)[C@H](NC(=O)[C@H](CCC(N)=O)NC(=O)[C@@H](NC(=O)[C@@H](N)C(C)C)[C@@H](C)O)C(=O)N[C@@H](Cc1cnc[nH]1)C(=O)N[C@@H](CCCCN)C(=O)N[C@H](C(=O)N[C@@H](CC(C)C)C(=O)N[C@@H](CO)C(=O)N[C@@H](Cc1cnc[nH]1)C(=O)NCC(=O)N[C@@H](CC(=O)O)C(=O)N[C@H](C(=O)N[C@H](C(=O)N[C@@H](CCSC)C(=O)O)[C@@H](C)O)[C@@H](C)CC)[C@@H](C)O. The normalized spacial score (nSPS) is 16.2. The number of aliphatic hydroxyl groups excluding tert-OH is 4. The van der Waals surface area contributed by atoms with Gasteiger partial charge in [0, 0.05) is 43.0 Å². The second kappa shape index (κ2) is 52.3. The van der Waals surface area contributed by atoms with Gasteiger partial charge in [-0.1, -0.05) is 68.2 Å². The third kappa shape index (κ3) is 36.3. The zero-order valence-electron chi connectivity index (χ0n) is 67.9. The Balaban J connectivity index is 2.44. The van der Waals surface area contributed by atoms with Crippen molar-refractivity contribution >= 4 is 112 Å². The number of aliphatic carboxylic acids is 2. The molecule has 0 fully saturated rings. The van der Waals surface area contributed by atoms with E-state index in [4.69, 9.17) is 17.2 Å². The van der Waals surface area contributed by atoms with E-state index in [0.29, 0.717) is 12.2 Å². The van der Waals surface area contributed by atoms with Gasteiger partial charge in [-0.25, -0.2) is 14.8 Å². The molecule has 117 heavy (non-hydrogen) atoms. The number of unbranched alkanes of at least 4 members (excludes halogenated alkanes) is 1.